The molecule has 0 radical (unpaired) electrons. The number of carbonyl (C=O) groups is 1. The van der Waals surface area contributed by atoms with Crippen molar-refractivity contribution in [3.05, 3.63) is 71.4 Å². The Bertz CT molecular complexity index is 950. The molecule has 1 aromatic heterocycles. The van der Waals surface area contributed by atoms with E-state index in [0.29, 0.717) is 19.1 Å². The number of hydrogen-bond donors (Lipinski definition) is 2. The van der Waals surface area contributed by atoms with Gasteiger partial charge in [0.15, 0.2) is 0 Å². The number of hydrogen-bond acceptors (Lipinski definition) is 3. The van der Waals surface area contributed by atoms with Gasteiger partial charge in [0.25, 0.3) is 0 Å². The van der Waals surface area contributed by atoms with Gasteiger partial charge in [-0.3, -0.25) is 9.69 Å². The number of rotatable bonds is 6. The predicted octanol–water partition coefficient (Wildman–Crippen LogP) is 3.25. The smallest absolute Gasteiger partial charge is 0.224 e. The van der Waals surface area contributed by atoms with Crippen molar-refractivity contribution in [3.8, 4) is 0 Å². The van der Waals surface area contributed by atoms with E-state index >= 15 is 0 Å². The van der Waals surface area contributed by atoms with Crippen LogP contribution in [0.3, 0.4) is 0 Å². The highest BCUT2D eigenvalue weighted by molar-refractivity contribution is 5.88. The van der Waals surface area contributed by atoms with Crippen LogP contribution in [0.1, 0.15) is 23.6 Å². The third kappa shape index (κ3) is 4.61. The number of H-pyrrole nitrogens is 1. The minimum Gasteiger partial charge on any atom is -0.376 e. The van der Waals surface area contributed by atoms with Gasteiger partial charge in [-0.25, -0.2) is 0 Å². The normalized spacial score (nSPS) is 17.7. The van der Waals surface area contributed by atoms with E-state index in [0.717, 1.165) is 48.3 Å². The third-order valence-corrected chi connectivity index (χ3v) is 5.24. The molecule has 1 atom stereocenters. The highest BCUT2D eigenvalue weighted by Gasteiger charge is 2.16. The van der Waals surface area contributed by atoms with E-state index in [1.165, 1.54) is 5.56 Å². The van der Waals surface area contributed by atoms with Crippen LogP contribution in [0.2, 0.25) is 0 Å². The Balaban J connectivity index is 1.32. The van der Waals surface area contributed by atoms with E-state index in [9.17, 15) is 4.79 Å². The summed E-state index contributed by atoms with van der Waals surface area (Å²) < 4.78 is 5.61. The van der Waals surface area contributed by atoms with Crippen LogP contribution in [0.4, 0.5) is 0 Å². The number of benzene rings is 2. The van der Waals surface area contributed by atoms with Crippen LogP contribution in [0, 0.1) is 0 Å². The molecule has 3 aromatic rings. The summed E-state index contributed by atoms with van der Waals surface area (Å²) in [6.07, 6.45) is 2.60. The summed E-state index contributed by atoms with van der Waals surface area (Å²) in [6, 6.07) is 16.5. The maximum absolute atomic E-state index is 12.4. The van der Waals surface area contributed by atoms with Gasteiger partial charge in [0.2, 0.25) is 5.91 Å². The summed E-state index contributed by atoms with van der Waals surface area (Å²) in [7, 11) is 0. The molecule has 4 rings (SSSR count). The van der Waals surface area contributed by atoms with E-state index in [1.54, 1.807) is 0 Å². The Morgan fingerprint density at radius 1 is 1.21 bits per heavy atom. The number of aromatic amines is 1. The molecule has 1 saturated heterocycles. The van der Waals surface area contributed by atoms with Crippen molar-refractivity contribution >= 4 is 16.8 Å². The highest BCUT2D eigenvalue weighted by Crippen LogP contribution is 2.18. The van der Waals surface area contributed by atoms with Crippen molar-refractivity contribution in [2.75, 3.05) is 19.7 Å². The zero-order valence-corrected chi connectivity index (χ0v) is 16.3. The first kappa shape index (κ1) is 18.7. The van der Waals surface area contributed by atoms with E-state index in [-0.39, 0.29) is 5.91 Å². The SMILES string of the molecule is C[C@@H]1CN(Cc2cccc(CNC(=O)Cc3c[nH]c4ccccc34)c2)CCO1. The molecule has 2 heterocycles. The fourth-order valence-corrected chi connectivity index (χ4v) is 3.84. The molecular weight excluding hydrogens is 350 g/mol. The molecule has 5 heteroatoms. The Kier molecular flexibility index (Phi) is 5.74. The van der Waals surface area contributed by atoms with Crippen LogP contribution >= 0.6 is 0 Å². The number of nitrogens with zero attached hydrogens (tertiary/aromatic N) is 1. The van der Waals surface area contributed by atoms with Crippen LogP contribution < -0.4 is 5.32 Å². The zero-order valence-electron chi connectivity index (χ0n) is 16.3. The Labute approximate surface area is 165 Å². The predicted molar refractivity (Wildman–Crippen MR) is 111 cm³/mol. The van der Waals surface area contributed by atoms with Crippen molar-refractivity contribution < 1.29 is 9.53 Å². The third-order valence-electron chi connectivity index (χ3n) is 5.24. The molecule has 0 aliphatic carbocycles. The molecule has 0 spiro atoms. The van der Waals surface area contributed by atoms with Gasteiger partial charge >= 0.3 is 0 Å². The Morgan fingerprint density at radius 2 is 2.07 bits per heavy atom. The second kappa shape index (κ2) is 8.59. The van der Waals surface area contributed by atoms with Gasteiger partial charge in [-0.2, -0.15) is 0 Å². The Hall–Kier alpha value is -2.63. The first-order valence-corrected chi connectivity index (χ1v) is 9.91. The largest absolute Gasteiger partial charge is 0.376 e. The fourth-order valence-electron chi connectivity index (χ4n) is 3.84. The standard InChI is InChI=1S/C23H27N3O2/c1-17-15-26(9-10-28-17)16-19-6-4-5-18(11-19)13-25-23(27)12-20-14-24-22-8-3-2-7-21(20)22/h2-8,11,14,17,24H,9-10,12-13,15-16H2,1H3,(H,25,27)/t17-/m1/s1. The zero-order chi connectivity index (χ0) is 19.3. The number of morpholine rings is 1. The average Bonchev–Trinajstić information content (AvgIpc) is 3.10. The molecular formula is C23H27N3O2. The molecule has 0 unspecified atom stereocenters. The number of para-hydroxylation sites is 1. The van der Waals surface area contributed by atoms with Crippen LogP contribution in [-0.2, 0) is 29.0 Å². The molecule has 1 aliphatic heterocycles. The van der Waals surface area contributed by atoms with Gasteiger partial charge in [-0.05, 0) is 29.7 Å². The number of nitrogens with one attached hydrogen (secondary N) is 2. The molecule has 0 bridgehead atoms. The number of aromatic nitrogens is 1. The lowest BCUT2D eigenvalue weighted by atomic mass is 10.1. The van der Waals surface area contributed by atoms with Crippen molar-refractivity contribution in [2.45, 2.75) is 32.5 Å². The number of fused-ring (bicyclic) bond motifs is 1. The maximum atomic E-state index is 12.4. The lowest BCUT2D eigenvalue weighted by Crippen LogP contribution is -2.40. The van der Waals surface area contributed by atoms with E-state index in [2.05, 4.69) is 46.4 Å². The lowest BCUT2D eigenvalue weighted by molar-refractivity contribution is -0.120. The maximum Gasteiger partial charge on any atom is 0.224 e. The molecule has 1 aliphatic rings. The molecule has 5 nitrogen and oxygen atoms in total. The topological polar surface area (TPSA) is 57.4 Å². The molecule has 1 amide bonds. The molecule has 2 N–H and O–H groups in total. The van der Waals surface area contributed by atoms with Gasteiger partial charge < -0.3 is 15.0 Å². The van der Waals surface area contributed by atoms with E-state index in [1.807, 2.05) is 30.5 Å². The second-order valence-electron chi connectivity index (χ2n) is 7.55. The van der Waals surface area contributed by atoms with Crippen LogP contribution in [0.25, 0.3) is 10.9 Å². The Morgan fingerprint density at radius 3 is 2.96 bits per heavy atom. The van der Waals surface area contributed by atoms with Crippen molar-refractivity contribution in [1.29, 1.82) is 0 Å². The summed E-state index contributed by atoms with van der Waals surface area (Å²) in [5.74, 6) is 0.0390. The van der Waals surface area contributed by atoms with Crippen molar-refractivity contribution in [2.24, 2.45) is 0 Å². The van der Waals surface area contributed by atoms with Crippen molar-refractivity contribution in [3.63, 3.8) is 0 Å². The van der Waals surface area contributed by atoms with Crippen molar-refractivity contribution in [1.82, 2.24) is 15.2 Å². The first-order valence-electron chi connectivity index (χ1n) is 9.91. The number of amides is 1. The molecule has 2 aromatic carbocycles. The highest BCUT2D eigenvalue weighted by atomic mass is 16.5. The quantitative estimate of drug-likeness (QED) is 0.693. The number of ether oxygens (including phenoxy) is 1. The van der Waals surface area contributed by atoms with Crippen LogP contribution in [0.5, 0.6) is 0 Å². The van der Waals surface area contributed by atoms with Crippen LogP contribution in [-0.4, -0.2) is 41.6 Å². The van der Waals surface area contributed by atoms with E-state index in [4.69, 9.17) is 4.74 Å². The van der Waals surface area contributed by atoms with Gasteiger partial charge in [0.05, 0.1) is 19.1 Å². The van der Waals surface area contributed by atoms with E-state index < -0.39 is 0 Å². The number of carbonyl (C=O) groups excluding carboxylic acids is 1. The fraction of sp³-hybridized carbons (Fsp3) is 0.348. The molecule has 146 valence electrons. The monoisotopic (exact) mass is 377 g/mol. The summed E-state index contributed by atoms with van der Waals surface area (Å²) in [4.78, 5) is 18.1. The summed E-state index contributed by atoms with van der Waals surface area (Å²) in [5.41, 5.74) is 4.50. The summed E-state index contributed by atoms with van der Waals surface area (Å²) in [6.45, 7) is 6.32. The molecule has 0 saturated carbocycles. The van der Waals surface area contributed by atoms with Gasteiger partial charge in [0, 0.05) is 43.3 Å². The van der Waals surface area contributed by atoms with Gasteiger partial charge in [-0.1, -0.05) is 42.5 Å². The van der Waals surface area contributed by atoms with Gasteiger partial charge in [-0.15, -0.1) is 0 Å². The summed E-state index contributed by atoms with van der Waals surface area (Å²) in [5, 5.41) is 4.16. The summed E-state index contributed by atoms with van der Waals surface area (Å²) >= 11 is 0. The van der Waals surface area contributed by atoms with Crippen LogP contribution in [0.15, 0.2) is 54.7 Å². The first-order chi connectivity index (χ1) is 13.7. The minimum atomic E-state index is 0.0390. The lowest BCUT2D eigenvalue weighted by Gasteiger charge is -2.31. The molecule has 28 heavy (non-hydrogen) atoms. The minimum absolute atomic E-state index is 0.0390. The van der Waals surface area contributed by atoms with Gasteiger partial charge in [0.1, 0.15) is 0 Å². The average molecular weight is 377 g/mol. The molecule has 1 fully saturated rings. The second-order valence-corrected chi connectivity index (χ2v) is 7.55.